The van der Waals surface area contributed by atoms with E-state index in [0.717, 1.165) is 13.0 Å². The van der Waals surface area contributed by atoms with Gasteiger partial charge >= 0.3 is 0 Å². The molecule has 0 aliphatic carbocycles. The molecular formula is C17H23NOS. The van der Waals surface area contributed by atoms with Gasteiger partial charge in [-0.1, -0.05) is 24.3 Å². The van der Waals surface area contributed by atoms with Crippen molar-refractivity contribution in [1.82, 2.24) is 5.32 Å². The third-order valence-corrected chi connectivity index (χ3v) is 4.32. The number of benzene rings is 1. The maximum atomic E-state index is 5.12. The Bertz CT molecular complexity index is 518. The molecule has 1 aromatic carbocycles. The lowest BCUT2D eigenvalue weighted by Gasteiger charge is -2.13. The first kappa shape index (κ1) is 15.2. The molecule has 0 aliphatic rings. The zero-order valence-electron chi connectivity index (χ0n) is 12.5. The standard InChI is InChI=1S/C17H23NOS/c1-13(10-17-9-4-14(2)20-17)18-11-15-5-7-16(8-6-15)12-19-3/h4-9,13,18H,10-12H2,1-3H3. The molecule has 0 radical (unpaired) electrons. The molecule has 1 atom stereocenters. The van der Waals surface area contributed by atoms with Gasteiger partial charge in [-0.15, -0.1) is 11.3 Å². The number of methoxy groups -OCH3 is 1. The van der Waals surface area contributed by atoms with Gasteiger partial charge in [-0.25, -0.2) is 0 Å². The van der Waals surface area contributed by atoms with Crippen LogP contribution < -0.4 is 5.32 Å². The normalized spacial score (nSPS) is 12.6. The van der Waals surface area contributed by atoms with Crippen LogP contribution in [0.15, 0.2) is 36.4 Å². The van der Waals surface area contributed by atoms with Crippen LogP contribution in [-0.2, 0) is 24.3 Å². The van der Waals surface area contributed by atoms with Crippen molar-refractivity contribution >= 4 is 11.3 Å². The van der Waals surface area contributed by atoms with Crippen LogP contribution in [0.1, 0.15) is 27.8 Å². The van der Waals surface area contributed by atoms with Gasteiger partial charge in [0.15, 0.2) is 0 Å². The highest BCUT2D eigenvalue weighted by Gasteiger charge is 2.05. The lowest BCUT2D eigenvalue weighted by molar-refractivity contribution is 0.185. The first-order valence-electron chi connectivity index (χ1n) is 7.03. The van der Waals surface area contributed by atoms with Crippen LogP contribution in [0.5, 0.6) is 0 Å². The Hall–Kier alpha value is -1.16. The summed E-state index contributed by atoms with van der Waals surface area (Å²) in [5.41, 5.74) is 2.54. The molecule has 0 saturated carbocycles. The van der Waals surface area contributed by atoms with Gasteiger partial charge in [0.2, 0.25) is 0 Å². The third kappa shape index (κ3) is 4.75. The molecule has 2 rings (SSSR count). The highest BCUT2D eigenvalue weighted by atomic mass is 32.1. The highest BCUT2D eigenvalue weighted by molar-refractivity contribution is 7.11. The van der Waals surface area contributed by atoms with Gasteiger partial charge < -0.3 is 10.1 Å². The topological polar surface area (TPSA) is 21.3 Å². The van der Waals surface area contributed by atoms with E-state index in [9.17, 15) is 0 Å². The quantitative estimate of drug-likeness (QED) is 0.834. The number of nitrogens with one attached hydrogen (secondary N) is 1. The number of thiophene rings is 1. The highest BCUT2D eigenvalue weighted by Crippen LogP contribution is 2.16. The van der Waals surface area contributed by atoms with Crippen LogP contribution in [0.3, 0.4) is 0 Å². The van der Waals surface area contributed by atoms with Crippen molar-refractivity contribution < 1.29 is 4.74 Å². The molecule has 108 valence electrons. The molecule has 0 fully saturated rings. The second kappa shape index (κ2) is 7.58. The van der Waals surface area contributed by atoms with Crippen LogP contribution >= 0.6 is 11.3 Å². The minimum absolute atomic E-state index is 0.492. The summed E-state index contributed by atoms with van der Waals surface area (Å²) >= 11 is 1.89. The fourth-order valence-corrected chi connectivity index (χ4v) is 3.20. The fourth-order valence-electron chi connectivity index (χ4n) is 2.18. The molecule has 1 N–H and O–H groups in total. The van der Waals surface area contributed by atoms with Gasteiger partial charge in [0, 0.05) is 29.5 Å². The maximum Gasteiger partial charge on any atom is 0.0713 e. The molecule has 3 heteroatoms. The van der Waals surface area contributed by atoms with Gasteiger partial charge in [0.25, 0.3) is 0 Å². The van der Waals surface area contributed by atoms with E-state index >= 15 is 0 Å². The van der Waals surface area contributed by atoms with E-state index in [1.165, 1.54) is 20.9 Å². The van der Waals surface area contributed by atoms with Crippen LogP contribution in [0.4, 0.5) is 0 Å². The summed E-state index contributed by atoms with van der Waals surface area (Å²) in [5.74, 6) is 0. The Kier molecular flexibility index (Phi) is 5.77. The van der Waals surface area contributed by atoms with Crippen LogP contribution in [0.2, 0.25) is 0 Å². The minimum atomic E-state index is 0.492. The second-order valence-electron chi connectivity index (χ2n) is 5.25. The smallest absolute Gasteiger partial charge is 0.0713 e. The van der Waals surface area contributed by atoms with Crippen molar-refractivity contribution in [2.24, 2.45) is 0 Å². The number of hydrogen-bond acceptors (Lipinski definition) is 3. The fraction of sp³-hybridized carbons (Fsp3) is 0.412. The molecule has 0 aliphatic heterocycles. The van der Waals surface area contributed by atoms with Crippen LogP contribution in [0, 0.1) is 6.92 Å². The van der Waals surface area contributed by atoms with E-state index in [4.69, 9.17) is 4.74 Å². The Labute approximate surface area is 125 Å². The number of rotatable bonds is 7. The summed E-state index contributed by atoms with van der Waals surface area (Å²) in [6.07, 6.45) is 1.10. The summed E-state index contributed by atoms with van der Waals surface area (Å²) in [6.45, 7) is 6.00. The van der Waals surface area contributed by atoms with Crippen molar-refractivity contribution in [2.75, 3.05) is 7.11 Å². The monoisotopic (exact) mass is 289 g/mol. The molecule has 2 nitrogen and oxygen atoms in total. The van der Waals surface area contributed by atoms with E-state index < -0.39 is 0 Å². The SMILES string of the molecule is COCc1ccc(CNC(C)Cc2ccc(C)s2)cc1. The van der Waals surface area contributed by atoms with Crippen LogP contribution in [0.25, 0.3) is 0 Å². The van der Waals surface area contributed by atoms with E-state index in [0.29, 0.717) is 12.6 Å². The molecule has 0 bridgehead atoms. The molecule has 20 heavy (non-hydrogen) atoms. The van der Waals surface area contributed by atoms with Gasteiger partial charge in [-0.3, -0.25) is 0 Å². The maximum absolute atomic E-state index is 5.12. The average Bonchev–Trinajstić information content (AvgIpc) is 2.84. The first-order chi connectivity index (χ1) is 9.67. The minimum Gasteiger partial charge on any atom is -0.380 e. The molecule has 0 amide bonds. The summed E-state index contributed by atoms with van der Waals surface area (Å²) in [6, 6.07) is 13.5. The Morgan fingerprint density at radius 2 is 1.80 bits per heavy atom. The summed E-state index contributed by atoms with van der Waals surface area (Å²) in [5, 5.41) is 3.58. The van der Waals surface area contributed by atoms with Crippen molar-refractivity contribution in [3.63, 3.8) is 0 Å². The summed E-state index contributed by atoms with van der Waals surface area (Å²) in [7, 11) is 1.73. The lowest BCUT2D eigenvalue weighted by atomic mass is 10.1. The molecule has 1 aromatic heterocycles. The molecule has 0 spiro atoms. The second-order valence-corrected chi connectivity index (χ2v) is 6.62. The lowest BCUT2D eigenvalue weighted by Crippen LogP contribution is -2.27. The van der Waals surface area contributed by atoms with Gasteiger partial charge in [-0.2, -0.15) is 0 Å². The Balaban J connectivity index is 1.79. The van der Waals surface area contributed by atoms with Crippen LogP contribution in [-0.4, -0.2) is 13.2 Å². The van der Waals surface area contributed by atoms with Crippen molar-refractivity contribution in [1.29, 1.82) is 0 Å². The predicted molar refractivity (Wildman–Crippen MR) is 86.2 cm³/mol. The number of aryl methyl sites for hydroxylation is 1. The average molecular weight is 289 g/mol. The Morgan fingerprint density at radius 1 is 1.10 bits per heavy atom. The third-order valence-electron chi connectivity index (χ3n) is 3.29. The van der Waals surface area contributed by atoms with Crippen molar-refractivity contribution in [3.8, 4) is 0 Å². The van der Waals surface area contributed by atoms with E-state index in [1.54, 1.807) is 7.11 Å². The zero-order valence-corrected chi connectivity index (χ0v) is 13.3. The first-order valence-corrected chi connectivity index (χ1v) is 7.84. The summed E-state index contributed by atoms with van der Waals surface area (Å²) in [4.78, 5) is 2.85. The van der Waals surface area contributed by atoms with E-state index in [2.05, 4.69) is 55.6 Å². The predicted octanol–water partition coefficient (Wildman–Crippen LogP) is 3.92. The van der Waals surface area contributed by atoms with Crippen molar-refractivity contribution in [2.45, 2.75) is 39.5 Å². The Morgan fingerprint density at radius 3 is 2.40 bits per heavy atom. The summed E-state index contributed by atoms with van der Waals surface area (Å²) < 4.78 is 5.12. The van der Waals surface area contributed by atoms with Crippen molar-refractivity contribution in [3.05, 3.63) is 57.3 Å². The van der Waals surface area contributed by atoms with Gasteiger partial charge in [0.1, 0.15) is 0 Å². The van der Waals surface area contributed by atoms with Gasteiger partial charge in [-0.05, 0) is 43.5 Å². The molecule has 1 unspecified atom stereocenters. The molecule has 2 aromatic rings. The number of hydrogen-bond donors (Lipinski definition) is 1. The van der Waals surface area contributed by atoms with E-state index in [-0.39, 0.29) is 0 Å². The largest absolute Gasteiger partial charge is 0.380 e. The zero-order chi connectivity index (χ0) is 14.4. The van der Waals surface area contributed by atoms with E-state index in [1.807, 2.05) is 11.3 Å². The number of ether oxygens (including phenoxy) is 1. The molecule has 0 saturated heterocycles. The molecule has 1 heterocycles. The van der Waals surface area contributed by atoms with Gasteiger partial charge in [0.05, 0.1) is 6.61 Å². The molecular weight excluding hydrogens is 266 g/mol.